The third-order valence-electron chi connectivity index (χ3n) is 3.28. The van der Waals surface area contributed by atoms with Gasteiger partial charge < -0.3 is 14.8 Å². The fourth-order valence-corrected chi connectivity index (χ4v) is 2.39. The Morgan fingerprint density at radius 1 is 1.12 bits per heavy atom. The minimum Gasteiger partial charge on any atom is -0.494 e. The van der Waals surface area contributed by atoms with Crippen LogP contribution in [0.15, 0.2) is 48.5 Å². The van der Waals surface area contributed by atoms with Crippen molar-refractivity contribution in [1.29, 1.82) is 0 Å². The molecule has 138 valence electrons. The Hall–Kier alpha value is -2.60. The molecule has 2 aromatic carbocycles. The molecule has 0 fully saturated rings. The molecule has 2 rings (SSSR count). The van der Waals surface area contributed by atoms with E-state index >= 15 is 0 Å². The number of carbonyl (C=O) groups is 1. The summed E-state index contributed by atoms with van der Waals surface area (Å²) < 4.78 is 11.1. The lowest BCUT2D eigenvalue weighted by molar-refractivity contribution is 0.0977. The molecule has 0 aromatic heterocycles. The molecule has 0 aliphatic carbocycles. The largest absolute Gasteiger partial charge is 0.494 e. The fraction of sp³-hybridized carbons (Fsp3) is 0.300. The standard InChI is InChI=1S/C20H24N2O3S/c1-4-12-24-17-10-8-16(9-11-17)21-20(26)22-19(23)15-6-5-7-18(13-15)25-14(2)3/h5-11,13-14H,4,12H2,1-3H3,(H2,21,22,23,26). The van der Waals surface area contributed by atoms with Crippen LogP contribution in [0.25, 0.3) is 0 Å². The second-order valence-corrected chi connectivity index (χ2v) is 6.38. The predicted octanol–water partition coefficient (Wildman–Crippen LogP) is 4.39. The van der Waals surface area contributed by atoms with Crippen molar-refractivity contribution in [3.63, 3.8) is 0 Å². The summed E-state index contributed by atoms with van der Waals surface area (Å²) in [5, 5.41) is 5.88. The highest BCUT2D eigenvalue weighted by Gasteiger charge is 2.10. The summed E-state index contributed by atoms with van der Waals surface area (Å²) in [6, 6.07) is 14.4. The molecule has 2 N–H and O–H groups in total. The number of nitrogens with one attached hydrogen (secondary N) is 2. The van der Waals surface area contributed by atoms with Crippen LogP contribution in [0.2, 0.25) is 0 Å². The Kier molecular flexibility index (Phi) is 7.41. The minimum absolute atomic E-state index is 0.0420. The van der Waals surface area contributed by atoms with Crippen molar-refractivity contribution in [1.82, 2.24) is 5.32 Å². The zero-order valence-electron chi connectivity index (χ0n) is 15.2. The van der Waals surface area contributed by atoms with Crippen molar-refractivity contribution in [3.8, 4) is 11.5 Å². The van der Waals surface area contributed by atoms with Crippen LogP contribution in [-0.2, 0) is 0 Å². The molecule has 0 radical (unpaired) electrons. The Labute approximate surface area is 159 Å². The molecule has 0 unspecified atom stereocenters. The van der Waals surface area contributed by atoms with Gasteiger partial charge in [0.05, 0.1) is 12.7 Å². The van der Waals surface area contributed by atoms with Gasteiger partial charge >= 0.3 is 0 Å². The average molecular weight is 372 g/mol. The molecule has 0 spiro atoms. The van der Waals surface area contributed by atoms with Gasteiger partial charge in [-0.1, -0.05) is 13.0 Å². The van der Waals surface area contributed by atoms with Gasteiger partial charge in [0, 0.05) is 11.3 Å². The predicted molar refractivity (Wildman–Crippen MR) is 108 cm³/mol. The van der Waals surface area contributed by atoms with Crippen LogP contribution in [0.4, 0.5) is 5.69 Å². The second-order valence-electron chi connectivity index (χ2n) is 5.98. The fourth-order valence-electron chi connectivity index (χ4n) is 2.17. The Morgan fingerprint density at radius 2 is 1.85 bits per heavy atom. The van der Waals surface area contributed by atoms with Crippen LogP contribution in [0.1, 0.15) is 37.6 Å². The number of benzene rings is 2. The number of anilines is 1. The van der Waals surface area contributed by atoms with Crippen LogP contribution in [0.3, 0.4) is 0 Å². The first kappa shape index (κ1) is 19.7. The molecule has 6 heteroatoms. The molecular formula is C20H24N2O3S. The van der Waals surface area contributed by atoms with Gasteiger partial charge in [-0.25, -0.2) is 0 Å². The third-order valence-corrected chi connectivity index (χ3v) is 3.48. The van der Waals surface area contributed by atoms with Crippen LogP contribution < -0.4 is 20.1 Å². The number of hydrogen-bond donors (Lipinski definition) is 2. The van der Waals surface area contributed by atoms with Crippen molar-refractivity contribution in [3.05, 3.63) is 54.1 Å². The molecule has 1 amide bonds. The first-order chi connectivity index (χ1) is 12.5. The molecule has 0 bridgehead atoms. The van der Waals surface area contributed by atoms with Crippen molar-refractivity contribution < 1.29 is 14.3 Å². The maximum atomic E-state index is 12.3. The molecular weight excluding hydrogens is 348 g/mol. The maximum absolute atomic E-state index is 12.3. The SMILES string of the molecule is CCCOc1ccc(NC(=S)NC(=O)c2cccc(OC(C)C)c2)cc1. The summed E-state index contributed by atoms with van der Waals surface area (Å²) in [6.45, 7) is 6.61. The molecule has 26 heavy (non-hydrogen) atoms. The Morgan fingerprint density at radius 3 is 2.50 bits per heavy atom. The molecule has 2 aromatic rings. The summed E-state index contributed by atoms with van der Waals surface area (Å²) in [7, 11) is 0. The van der Waals surface area contributed by atoms with Gasteiger partial charge in [0.1, 0.15) is 11.5 Å². The molecule has 0 heterocycles. The summed E-state index contributed by atoms with van der Waals surface area (Å²) >= 11 is 5.21. The normalized spacial score (nSPS) is 10.3. The van der Waals surface area contributed by atoms with E-state index in [2.05, 4.69) is 17.6 Å². The zero-order chi connectivity index (χ0) is 18.9. The van der Waals surface area contributed by atoms with E-state index in [-0.39, 0.29) is 17.1 Å². The highest BCUT2D eigenvalue weighted by atomic mass is 32.1. The smallest absolute Gasteiger partial charge is 0.257 e. The van der Waals surface area contributed by atoms with Crippen LogP contribution in [0.5, 0.6) is 11.5 Å². The zero-order valence-corrected chi connectivity index (χ0v) is 16.1. The minimum atomic E-state index is -0.292. The average Bonchev–Trinajstić information content (AvgIpc) is 2.60. The van der Waals surface area contributed by atoms with Crippen molar-refractivity contribution >= 4 is 28.9 Å². The van der Waals surface area contributed by atoms with Crippen LogP contribution in [0, 0.1) is 0 Å². The van der Waals surface area contributed by atoms with Crippen LogP contribution >= 0.6 is 12.2 Å². The van der Waals surface area contributed by atoms with Gasteiger partial charge in [0.15, 0.2) is 5.11 Å². The van der Waals surface area contributed by atoms with E-state index in [4.69, 9.17) is 21.7 Å². The van der Waals surface area contributed by atoms with E-state index < -0.39 is 0 Å². The number of carbonyl (C=O) groups excluding carboxylic acids is 1. The monoisotopic (exact) mass is 372 g/mol. The highest BCUT2D eigenvalue weighted by molar-refractivity contribution is 7.80. The second kappa shape index (κ2) is 9.77. The Bertz CT molecular complexity index is 745. The number of thiocarbonyl (C=S) groups is 1. The molecule has 0 saturated carbocycles. The number of amides is 1. The summed E-state index contributed by atoms with van der Waals surface area (Å²) in [5.41, 5.74) is 1.26. The first-order valence-corrected chi connectivity index (χ1v) is 9.00. The number of rotatable bonds is 7. The van der Waals surface area contributed by atoms with E-state index in [1.165, 1.54) is 0 Å². The molecule has 0 aliphatic rings. The molecule has 0 atom stereocenters. The topological polar surface area (TPSA) is 59.6 Å². The first-order valence-electron chi connectivity index (χ1n) is 8.60. The van der Waals surface area contributed by atoms with Gasteiger partial charge in [-0.05, 0) is 75.0 Å². The summed E-state index contributed by atoms with van der Waals surface area (Å²) in [6.07, 6.45) is 1.000. The lowest BCUT2D eigenvalue weighted by Gasteiger charge is -2.12. The number of ether oxygens (including phenoxy) is 2. The van der Waals surface area contributed by atoms with Crippen molar-refractivity contribution in [2.24, 2.45) is 0 Å². The quantitative estimate of drug-likeness (QED) is 0.706. The van der Waals surface area contributed by atoms with Gasteiger partial charge in [0.25, 0.3) is 5.91 Å². The van der Waals surface area contributed by atoms with Gasteiger partial charge in [0.2, 0.25) is 0 Å². The van der Waals surface area contributed by atoms with E-state index in [1.54, 1.807) is 18.2 Å². The van der Waals surface area contributed by atoms with E-state index in [1.807, 2.05) is 44.2 Å². The van der Waals surface area contributed by atoms with Gasteiger partial charge in [-0.3, -0.25) is 10.1 Å². The lowest BCUT2D eigenvalue weighted by atomic mass is 10.2. The van der Waals surface area contributed by atoms with Crippen molar-refractivity contribution in [2.75, 3.05) is 11.9 Å². The van der Waals surface area contributed by atoms with E-state index in [0.29, 0.717) is 17.9 Å². The van der Waals surface area contributed by atoms with E-state index in [9.17, 15) is 4.79 Å². The lowest BCUT2D eigenvalue weighted by Crippen LogP contribution is -2.34. The number of hydrogen-bond acceptors (Lipinski definition) is 4. The van der Waals surface area contributed by atoms with Crippen molar-refractivity contribution in [2.45, 2.75) is 33.3 Å². The van der Waals surface area contributed by atoms with Gasteiger partial charge in [-0.2, -0.15) is 0 Å². The maximum Gasteiger partial charge on any atom is 0.257 e. The third kappa shape index (κ3) is 6.37. The summed E-state index contributed by atoms with van der Waals surface area (Å²) in [5.74, 6) is 1.16. The van der Waals surface area contributed by atoms with Crippen LogP contribution in [-0.4, -0.2) is 23.7 Å². The molecule has 0 aliphatic heterocycles. The molecule has 0 saturated heterocycles. The van der Waals surface area contributed by atoms with E-state index in [0.717, 1.165) is 17.9 Å². The molecule has 5 nitrogen and oxygen atoms in total. The highest BCUT2D eigenvalue weighted by Crippen LogP contribution is 2.17. The summed E-state index contributed by atoms with van der Waals surface area (Å²) in [4.78, 5) is 12.3. The Balaban J connectivity index is 1.91. The van der Waals surface area contributed by atoms with Gasteiger partial charge in [-0.15, -0.1) is 0 Å².